The van der Waals surface area contributed by atoms with Gasteiger partial charge < -0.3 is 4.90 Å². The molecular formula is C19H26N2O3. The molecule has 2 bridgehead atoms. The highest BCUT2D eigenvalue weighted by Crippen LogP contribution is 2.50. The van der Waals surface area contributed by atoms with Crippen LogP contribution in [0, 0.1) is 23.7 Å². The SMILES string of the molecule is CC[C@H](C(=O)N1CCCCC1)N1C(=O)[C@@H]2[C@H](C1=O)[C@H]1C=C[C@H]2CC1. The molecule has 5 aliphatic rings. The fraction of sp³-hybridized carbons (Fsp3) is 0.737. The lowest BCUT2D eigenvalue weighted by molar-refractivity contribution is -0.152. The number of hydrogen-bond donors (Lipinski definition) is 0. The second kappa shape index (κ2) is 6.01. The number of allylic oxidation sites excluding steroid dienone is 2. The van der Waals surface area contributed by atoms with Gasteiger partial charge >= 0.3 is 0 Å². The van der Waals surface area contributed by atoms with E-state index in [1.54, 1.807) is 0 Å². The zero-order chi connectivity index (χ0) is 16.8. The average Bonchev–Trinajstić information content (AvgIpc) is 2.91. The molecule has 5 nitrogen and oxygen atoms in total. The van der Waals surface area contributed by atoms with Crippen molar-refractivity contribution in [2.45, 2.75) is 51.5 Å². The van der Waals surface area contributed by atoms with Gasteiger partial charge in [0.15, 0.2) is 0 Å². The van der Waals surface area contributed by atoms with Gasteiger partial charge in [-0.2, -0.15) is 0 Å². The smallest absolute Gasteiger partial charge is 0.245 e. The Morgan fingerprint density at radius 3 is 2.04 bits per heavy atom. The van der Waals surface area contributed by atoms with Crippen LogP contribution < -0.4 is 0 Å². The third-order valence-electron chi connectivity index (χ3n) is 6.44. The summed E-state index contributed by atoms with van der Waals surface area (Å²) >= 11 is 0. The number of nitrogens with zero attached hydrogens (tertiary/aromatic N) is 2. The fourth-order valence-corrected chi connectivity index (χ4v) is 5.20. The number of imide groups is 1. The van der Waals surface area contributed by atoms with Crippen LogP contribution >= 0.6 is 0 Å². The van der Waals surface area contributed by atoms with Crippen molar-refractivity contribution in [3.63, 3.8) is 0 Å². The van der Waals surface area contributed by atoms with E-state index in [-0.39, 0.29) is 41.4 Å². The predicted molar refractivity (Wildman–Crippen MR) is 88.7 cm³/mol. The summed E-state index contributed by atoms with van der Waals surface area (Å²) in [4.78, 5) is 42.2. The van der Waals surface area contributed by atoms with Crippen molar-refractivity contribution in [2.24, 2.45) is 23.7 Å². The van der Waals surface area contributed by atoms with Crippen LogP contribution in [0.5, 0.6) is 0 Å². The highest BCUT2D eigenvalue weighted by Gasteiger charge is 2.58. The Labute approximate surface area is 143 Å². The zero-order valence-electron chi connectivity index (χ0n) is 14.3. The summed E-state index contributed by atoms with van der Waals surface area (Å²) in [5.41, 5.74) is 0. The lowest BCUT2D eigenvalue weighted by Gasteiger charge is -2.38. The van der Waals surface area contributed by atoms with E-state index in [1.807, 2.05) is 11.8 Å². The molecule has 5 heteroatoms. The number of carbonyl (C=O) groups is 3. The number of hydrogen-bond acceptors (Lipinski definition) is 3. The fourth-order valence-electron chi connectivity index (χ4n) is 5.20. The molecule has 0 unspecified atom stereocenters. The van der Waals surface area contributed by atoms with Crippen LogP contribution in [0.3, 0.4) is 0 Å². The average molecular weight is 330 g/mol. The van der Waals surface area contributed by atoms with Crippen molar-refractivity contribution in [3.8, 4) is 0 Å². The van der Waals surface area contributed by atoms with E-state index in [1.165, 1.54) is 4.90 Å². The molecule has 2 heterocycles. The van der Waals surface area contributed by atoms with Gasteiger partial charge in [-0.3, -0.25) is 19.3 Å². The molecule has 0 aromatic rings. The summed E-state index contributed by atoms with van der Waals surface area (Å²) in [5.74, 6) is -0.289. The first kappa shape index (κ1) is 15.9. The number of carbonyl (C=O) groups excluding carboxylic acids is 3. The molecule has 3 amide bonds. The second-order valence-corrected chi connectivity index (χ2v) is 7.70. The van der Waals surface area contributed by atoms with Gasteiger partial charge in [0.05, 0.1) is 11.8 Å². The zero-order valence-corrected chi connectivity index (χ0v) is 14.3. The quantitative estimate of drug-likeness (QED) is 0.587. The normalized spacial score (nSPS) is 36.2. The third-order valence-corrected chi connectivity index (χ3v) is 6.44. The molecule has 5 rings (SSSR count). The lowest BCUT2D eigenvalue weighted by atomic mass is 9.63. The Hall–Kier alpha value is -1.65. The summed E-state index contributed by atoms with van der Waals surface area (Å²) in [6.45, 7) is 3.42. The van der Waals surface area contributed by atoms with Gasteiger partial charge in [-0.15, -0.1) is 0 Å². The van der Waals surface area contributed by atoms with E-state index in [0.717, 1.165) is 45.2 Å². The molecule has 0 spiro atoms. The minimum absolute atomic E-state index is 0.0298. The van der Waals surface area contributed by atoms with Crippen LogP contribution in [0.2, 0.25) is 0 Å². The van der Waals surface area contributed by atoms with Gasteiger partial charge in [0.1, 0.15) is 6.04 Å². The monoisotopic (exact) mass is 330 g/mol. The Bertz CT molecular complexity index is 561. The predicted octanol–water partition coefficient (Wildman–Crippen LogP) is 1.97. The second-order valence-electron chi connectivity index (χ2n) is 7.70. The summed E-state index contributed by atoms with van der Waals surface area (Å²) in [7, 11) is 0. The molecule has 0 N–H and O–H groups in total. The maximum Gasteiger partial charge on any atom is 0.245 e. The van der Waals surface area contributed by atoms with Gasteiger partial charge in [-0.25, -0.2) is 0 Å². The Balaban J connectivity index is 1.59. The molecular weight excluding hydrogens is 304 g/mol. The highest BCUT2D eigenvalue weighted by atomic mass is 16.2. The van der Waals surface area contributed by atoms with Crippen LogP contribution in [0.25, 0.3) is 0 Å². The van der Waals surface area contributed by atoms with Crippen LogP contribution in [-0.4, -0.2) is 46.7 Å². The Morgan fingerprint density at radius 2 is 1.58 bits per heavy atom. The number of piperidine rings is 1. The molecule has 24 heavy (non-hydrogen) atoms. The summed E-state index contributed by atoms with van der Waals surface area (Å²) in [6.07, 6.45) is 9.93. The Kier molecular flexibility index (Phi) is 3.97. The van der Waals surface area contributed by atoms with Crippen LogP contribution in [0.15, 0.2) is 12.2 Å². The van der Waals surface area contributed by atoms with Crippen LogP contribution in [0.4, 0.5) is 0 Å². The topological polar surface area (TPSA) is 57.7 Å². The van der Waals surface area contributed by atoms with Crippen molar-refractivity contribution >= 4 is 17.7 Å². The van der Waals surface area contributed by atoms with Gasteiger partial charge in [-0.1, -0.05) is 19.1 Å². The molecule has 3 fully saturated rings. The first-order chi connectivity index (χ1) is 11.6. The lowest BCUT2D eigenvalue weighted by Crippen LogP contribution is -2.52. The highest BCUT2D eigenvalue weighted by molar-refractivity contribution is 6.09. The van der Waals surface area contributed by atoms with E-state index < -0.39 is 6.04 Å². The molecule has 2 saturated heterocycles. The van der Waals surface area contributed by atoms with Crippen molar-refractivity contribution in [3.05, 3.63) is 12.2 Å². The minimum Gasteiger partial charge on any atom is -0.341 e. The third kappa shape index (κ3) is 2.24. The van der Waals surface area contributed by atoms with Crippen molar-refractivity contribution in [1.29, 1.82) is 0 Å². The van der Waals surface area contributed by atoms with E-state index in [9.17, 15) is 14.4 Å². The number of rotatable bonds is 3. The maximum absolute atomic E-state index is 13.0. The van der Waals surface area contributed by atoms with Crippen molar-refractivity contribution in [2.75, 3.05) is 13.1 Å². The summed E-state index contributed by atoms with van der Waals surface area (Å²) in [5, 5.41) is 0. The molecule has 0 aromatic heterocycles. The van der Waals surface area contributed by atoms with Gasteiger partial charge in [0, 0.05) is 13.1 Å². The number of likely N-dealkylation sites (tertiary alicyclic amines) is 2. The minimum atomic E-state index is -0.604. The Morgan fingerprint density at radius 1 is 1.04 bits per heavy atom. The van der Waals surface area contributed by atoms with Crippen LogP contribution in [0.1, 0.15) is 45.4 Å². The maximum atomic E-state index is 13.0. The van der Waals surface area contributed by atoms with Crippen LogP contribution in [-0.2, 0) is 14.4 Å². The molecule has 5 atom stereocenters. The molecule has 0 radical (unpaired) electrons. The largest absolute Gasteiger partial charge is 0.341 e. The standard InChI is InChI=1S/C19H26N2O3/c1-2-14(17(22)20-10-4-3-5-11-20)21-18(23)15-12-6-7-13(9-8-12)16(15)19(21)24/h6-7,12-16H,2-5,8-11H2,1H3/t12-,13-,14+,15-,16+/m0/s1. The number of fused-ring (bicyclic) bond motifs is 1. The van der Waals surface area contributed by atoms with Gasteiger partial charge in [-0.05, 0) is 50.4 Å². The van der Waals surface area contributed by atoms with Crippen molar-refractivity contribution in [1.82, 2.24) is 9.80 Å². The van der Waals surface area contributed by atoms with E-state index >= 15 is 0 Å². The molecule has 130 valence electrons. The first-order valence-electron chi connectivity index (χ1n) is 9.47. The van der Waals surface area contributed by atoms with Gasteiger partial charge in [0.25, 0.3) is 0 Å². The molecule has 0 aromatic carbocycles. The number of amides is 3. The first-order valence-corrected chi connectivity index (χ1v) is 9.47. The summed E-state index contributed by atoms with van der Waals surface area (Å²) in [6, 6.07) is -0.604. The van der Waals surface area contributed by atoms with Crippen molar-refractivity contribution < 1.29 is 14.4 Å². The molecule has 2 aliphatic heterocycles. The van der Waals surface area contributed by atoms with E-state index in [0.29, 0.717) is 6.42 Å². The van der Waals surface area contributed by atoms with E-state index in [4.69, 9.17) is 0 Å². The molecule has 1 saturated carbocycles. The summed E-state index contributed by atoms with van der Waals surface area (Å²) < 4.78 is 0. The molecule has 3 aliphatic carbocycles. The van der Waals surface area contributed by atoms with E-state index in [2.05, 4.69) is 12.2 Å². The van der Waals surface area contributed by atoms with Gasteiger partial charge in [0.2, 0.25) is 17.7 Å².